The lowest BCUT2D eigenvalue weighted by atomic mass is 10.1. The summed E-state index contributed by atoms with van der Waals surface area (Å²) < 4.78 is 0. The molecule has 0 aliphatic heterocycles. The Labute approximate surface area is 101 Å². The van der Waals surface area contributed by atoms with Crippen molar-refractivity contribution in [3.8, 4) is 12.3 Å². The molecule has 0 saturated heterocycles. The summed E-state index contributed by atoms with van der Waals surface area (Å²) in [6.45, 7) is 3.41. The molecule has 0 bridgehead atoms. The Morgan fingerprint density at radius 2 is 2.12 bits per heavy atom. The zero-order chi connectivity index (χ0) is 13.1. The standard InChI is InChI=1S/C12H18N2O3/c1-4-12(2,3)14-11(17)13-9(7-10(15)16)8-5-6-8/h1,8-9H,5-7H2,2-3H3,(H,15,16)(H2,13,14,17). The molecule has 0 heterocycles. The largest absolute Gasteiger partial charge is 0.481 e. The summed E-state index contributed by atoms with van der Waals surface area (Å²) in [5.41, 5.74) is -0.735. The van der Waals surface area contributed by atoms with Crippen molar-refractivity contribution in [1.82, 2.24) is 10.6 Å². The Morgan fingerprint density at radius 3 is 2.53 bits per heavy atom. The van der Waals surface area contributed by atoms with Crippen LogP contribution in [-0.2, 0) is 4.79 Å². The average Bonchev–Trinajstić information content (AvgIpc) is 2.98. The monoisotopic (exact) mass is 238 g/mol. The minimum absolute atomic E-state index is 0.0471. The van der Waals surface area contributed by atoms with Gasteiger partial charge in [0.1, 0.15) is 0 Å². The van der Waals surface area contributed by atoms with Crippen molar-refractivity contribution in [2.45, 2.75) is 44.7 Å². The number of hydrogen-bond acceptors (Lipinski definition) is 2. The molecule has 1 rings (SSSR count). The summed E-state index contributed by atoms with van der Waals surface area (Å²) in [6.07, 6.45) is 7.14. The second kappa shape index (κ2) is 5.09. The third-order valence-electron chi connectivity index (χ3n) is 2.69. The third kappa shape index (κ3) is 4.77. The highest BCUT2D eigenvalue weighted by Crippen LogP contribution is 2.33. The number of rotatable bonds is 5. The maximum absolute atomic E-state index is 11.6. The van der Waals surface area contributed by atoms with E-state index < -0.39 is 17.5 Å². The van der Waals surface area contributed by atoms with E-state index in [4.69, 9.17) is 11.5 Å². The lowest BCUT2D eigenvalue weighted by Gasteiger charge is -2.23. The molecule has 0 radical (unpaired) electrons. The van der Waals surface area contributed by atoms with E-state index in [2.05, 4.69) is 16.6 Å². The lowest BCUT2D eigenvalue weighted by Crippen LogP contribution is -2.51. The molecule has 17 heavy (non-hydrogen) atoms. The smallest absolute Gasteiger partial charge is 0.316 e. The molecule has 0 spiro atoms. The Kier molecular flexibility index (Phi) is 4.00. The number of nitrogens with one attached hydrogen (secondary N) is 2. The van der Waals surface area contributed by atoms with Crippen molar-refractivity contribution in [3.05, 3.63) is 0 Å². The number of amides is 2. The Morgan fingerprint density at radius 1 is 1.53 bits per heavy atom. The summed E-state index contributed by atoms with van der Waals surface area (Å²) >= 11 is 0. The molecule has 1 saturated carbocycles. The second-order valence-corrected chi connectivity index (χ2v) is 4.91. The number of terminal acetylenes is 1. The highest BCUT2D eigenvalue weighted by atomic mass is 16.4. The molecule has 0 aromatic carbocycles. The number of carboxylic acids is 1. The molecule has 1 atom stereocenters. The highest BCUT2D eigenvalue weighted by Gasteiger charge is 2.34. The van der Waals surface area contributed by atoms with Crippen LogP contribution in [0.2, 0.25) is 0 Å². The van der Waals surface area contributed by atoms with Crippen molar-refractivity contribution in [1.29, 1.82) is 0 Å². The van der Waals surface area contributed by atoms with E-state index >= 15 is 0 Å². The second-order valence-electron chi connectivity index (χ2n) is 4.91. The summed E-state index contributed by atoms with van der Waals surface area (Å²) in [4.78, 5) is 22.3. The van der Waals surface area contributed by atoms with Crippen LogP contribution in [0.3, 0.4) is 0 Å². The molecular formula is C12H18N2O3. The van der Waals surface area contributed by atoms with Gasteiger partial charge in [-0.3, -0.25) is 4.79 Å². The number of hydrogen-bond donors (Lipinski definition) is 3. The number of aliphatic carboxylic acids is 1. The van der Waals surface area contributed by atoms with Crippen LogP contribution in [0.4, 0.5) is 4.79 Å². The van der Waals surface area contributed by atoms with Gasteiger partial charge in [0.25, 0.3) is 0 Å². The fraction of sp³-hybridized carbons (Fsp3) is 0.667. The molecule has 94 valence electrons. The first-order chi connectivity index (χ1) is 7.84. The minimum atomic E-state index is -0.904. The number of carboxylic acid groups (broad SMARTS) is 1. The van der Waals surface area contributed by atoms with E-state index in [0.717, 1.165) is 12.8 Å². The fourth-order valence-corrected chi connectivity index (χ4v) is 1.55. The van der Waals surface area contributed by atoms with E-state index in [9.17, 15) is 9.59 Å². The van der Waals surface area contributed by atoms with Gasteiger partial charge in [-0.05, 0) is 32.6 Å². The van der Waals surface area contributed by atoms with Crippen molar-refractivity contribution < 1.29 is 14.7 Å². The molecule has 1 fully saturated rings. The zero-order valence-electron chi connectivity index (χ0n) is 10.1. The molecule has 1 aliphatic rings. The number of urea groups is 1. The third-order valence-corrected chi connectivity index (χ3v) is 2.69. The van der Waals surface area contributed by atoms with Gasteiger partial charge in [0.15, 0.2) is 0 Å². The number of carbonyl (C=O) groups is 2. The zero-order valence-corrected chi connectivity index (χ0v) is 10.1. The molecule has 1 unspecified atom stereocenters. The minimum Gasteiger partial charge on any atom is -0.481 e. The van der Waals surface area contributed by atoms with Crippen LogP contribution in [0, 0.1) is 18.3 Å². The Balaban J connectivity index is 2.47. The van der Waals surface area contributed by atoms with E-state index in [1.165, 1.54) is 0 Å². The summed E-state index contributed by atoms with van der Waals surface area (Å²) in [5.74, 6) is 1.82. The maximum atomic E-state index is 11.6. The van der Waals surface area contributed by atoms with Crippen LogP contribution >= 0.6 is 0 Å². The predicted octanol–water partition coefficient (Wildman–Crippen LogP) is 0.951. The van der Waals surface area contributed by atoms with E-state index in [0.29, 0.717) is 0 Å². The van der Waals surface area contributed by atoms with Crippen molar-refractivity contribution in [2.24, 2.45) is 5.92 Å². The quantitative estimate of drug-likeness (QED) is 0.624. The van der Waals surface area contributed by atoms with Crippen LogP contribution in [0.15, 0.2) is 0 Å². The highest BCUT2D eigenvalue weighted by molar-refractivity contribution is 5.77. The predicted molar refractivity (Wildman–Crippen MR) is 63.3 cm³/mol. The van der Waals surface area contributed by atoms with Gasteiger partial charge in [0.05, 0.1) is 12.0 Å². The molecular weight excluding hydrogens is 220 g/mol. The summed E-state index contributed by atoms with van der Waals surface area (Å²) in [6, 6.07) is -0.716. The first-order valence-corrected chi connectivity index (χ1v) is 5.62. The van der Waals surface area contributed by atoms with Gasteiger partial charge in [0.2, 0.25) is 0 Å². The van der Waals surface area contributed by atoms with E-state index in [-0.39, 0.29) is 18.4 Å². The van der Waals surface area contributed by atoms with Gasteiger partial charge in [-0.15, -0.1) is 6.42 Å². The Bertz CT molecular complexity index is 353. The van der Waals surface area contributed by atoms with Gasteiger partial charge in [-0.25, -0.2) is 4.79 Å². The van der Waals surface area contributed by atoms with Gasteiger partial charge in [0, 0.05) is 6.04 Å². The van der Waals surface area contributed by atoms with Gasteiger partial charge >= 0.3 is 12.0 Å². The van der Waals surface area contributed by atoms with Gasteiger partial charge in [-0.1, -0.05) is 5.92 Å². The first kappa shape index (κ1) is 13.4. The average molecular weight is 238 g/mol. The van der Waals surface area contributed by atoms with Crippen LogP contribution in [0.5, 0.6) is 0 Å². The molecule has 0 aromatic heterocycles. The summed E-state index contributed by atoms with van der Waals surface area (Å²) in [5, 5.41) is 14.0. The fourth-order valence-electron chi connectivity index (χ4n) is 1.55. The first-order valence-electron chi connectivity index (χ1n) is 5.62. The molecule has 5 nitrogen and oxygen atoms in total. The summed E-state index contributed by atoms with van der Waals surface area (Å²) in [7, 11) is 0. The molecule has 2 amide bonds. The van der Waals surface area contributed by atoms with Gasteiger partial charge in [-0.2, -0.15) is 0 Å². The lowest BCUT2D eigenvalue weighted by molar-refractivity contribution is -0.137. The van der Waals surface area contributed by atoms with E-state index in [1.807, 2.05) is 0 Å². The molecule has 1 aliphatic carbocycles. The van der Waals surface area contributed by atoms with Gasteiger partial charge < -0.3 is 15.7 Å². The van der Waals surface area contributed by atoms with Crippen LogP contribution < -0.4 is 10.6 Å². The molecule has 5 heteroatoms. The van der Waals surface area contributed by atoms with Crippen molar-refractivity contribution in [2.75, 3.05) is 0 Å². The van der Waals surface area contributed by atoms with Crippen molar-refractivity contribution in [3.63, 3.8) is 0 Å². The SMILES string of the molecule is C#CC(C)(C)NC(=O)NC(CC(=O)O)C1CC1. The molecule has 3 N–H and O–H groups in total. The Hall–Kier alpha value is -1.70. The number of carbonyl (C=O) groups excluding carboxylic acids is 1. The normalized spacial score (nSPS) is 16.8. The van der Waals surface area contributed by atoms with Crippen molar-refractivity contribution >= 4 is 12.0 Å². The topological polar surface area (TPSA) is 78.4 Å². The van der Waals surface area contributed by atoms with Crippen LogP contribution in [0.25, 0.3) is 0 Å². The molecule has 0 aromatic rings. The van der Waals surface area contributed by atoms with Crippen LogP contribution in [-0.4, -0.2) is 28.7 Å². The van der Waals surface area contributed by atoms with E-state index in [1.54, 1.807) is 13.8 Å². The van der Waals surface area contributed by atoms with Crippen LogP contribution in [0.1, 0.15) is 33.1 Å². The maximum Gasteiger partial charge on any atom is 0.316 e.